The summed E-state index contributed by atoms with van der Waals surface area (Å²) in [5.74, 6) is 1.30. The average Bonchev–Trinajstić information content (AvgIpc) is 2.65. The number of hydrogen-bond donors (Lipinski definition) is 0. The van der Waals surface area contributed by atoms with E-state index in [0.29, 0.717) is 0 Å². The molecule has 2 heteroatoms. The minimum atomic E-state index is 1.04. The van der Waals surface area contributed by atoms with E-state index in [0.717, 1.165) is 6.54 Å². The Hall–Kier alpha value is -1.05. The minimum Gasteiger partial charge on any atom is -0.234 e. The van der Waals surface area contributed by atoms with E-state index in [1.54, 1.807) is 0 Å². The minimum absolute atomic E-state index is 1.04. The first kappa shape index (κ1) is 13.0. The van der Waals surface area contributed by atoms with E-state index in [1.165, 1.54) is 37.9 Å². The van der Waals surface area contributed by atoms with Crippen molar-refractivity contribution in [3.8, 4) is 0 Å². The van der Waals surface area contributed by atoms with Gasteiger partial charge in [-0.3, -0.25) is 0 Å². The Labute approximate surface area is 99.6 Å². The second kappa shape index (κ2) is 7.26. The lowest BCUT2D eigenvalue weighted by atomic mass is 10.1. The highest BCUT2D eigenvalue weighted by Crippen LogP contribution is 2.04. The van der Waals surface area contributed by atoms with Crippen LogP contribution < -0.4 is 4.57 Å². The molecular formula is C14H25N2+. The Kier molecular flexibility index (Phi) is 5.91. The maximum absolute atomic E-state index is 2.28. The van der Waals surface area contributed by atoms with Gasteiger partial charge in [-0.05, 0) is 25.8 Å². The molecule has 1 heterocycles. The molecule has 0 spiro atoms. The van der Waals surface area contributed by atoms with Crippen LogP contribution >= 0.6 is 0 Å². The van der Waals surface area contributed by atoms with Gasteiger partial charge in [0.25, 0.3) is 5.82 Å². The topological polar surface area (TPSA) is 8.81 Å². The van der Waals surface area contributed by atoms with Crippen LogP contribution in [0.1, 0.15) is 51.8 Å². The molecule has 0 N–H and O–H groups in total. The second-order valence-corrected chi connectivity index (χ2v) is 4.27. The highest BCUT2D eigenvalue weighted by molar-refractivity contribution is 5.22. The van der Waals surface area contributed by atoms with Gasteiger partial charge in [0.1, 0.15) is 12.4 Å². The number of rotatable bonds is 7. The molecule has 0 saturated carbocycles. The number of imidazole rings is 1. The third kappa shape index (κ3) is 3.84. The number of nitrogens with zero attached hydrogens (tertiary/aromatic N) is 2. The molecule has 1 aromatic heterocycles. The van der Waals surface area contributed by atoms with Crippen molar-refractivity contribution in [2.45, 2.75) is 59.4 Å². The van der Waals surface area contributed by atoms with Gasteiger partial charge in [0.2, 0.25) is 0 Å². The van der Waals surface area contributed by atoms with Gasteiger partial charge in [0.05, 0.1) is 12.7 Å². The van der Waals surface area contributed by atoms with Crippen molar-refractivity contribution in [1.29, 1.82) is 0 Å². The highest BCUT2D eigenvalue weighted by atomic mass is 15.1. The molecule has 0 aliphatic heterocycles. The third-order valence-corrected chi connectivity index (χ3v) is 3.03. The summed E-state index contributed by atoms with van der Waals surface area (Å²) in [6.07, 6.45) is 15.3. The van der Waals surface area contributed by atoms with Crippen molar-refractivity contribution in [3.05, 3.63) is 24.3 Å². The van der Waals surface area contributed by atoms with Crippen molar-refractivity contribution < 1.29 is 4.57 Å². The number of aromatic nitrogens is 2. The Balaban J connectivity index is 2.35. The zero-order valence-corrected chi connectivity index (χ0v) is 10.9. The van der Waals surface area contributed by atoms with E-state index in [1.807, 2.05) is 0 Å². The summed E-state index contributed by atoms with van der Waals surface area (Å²) in [6.45, 7) is 7.63. The molecule has 0 fully saturated rings. The summed E-state index contributed by atoms with van der Waals surface area (Å²) in [4.78, 5) is 0. The monoisotopic (exact) mass is 221 g/mol. The van der Waals surface area contributed by atoms with Gasteiger partial charge in [0, 0.05) is 6.92 Å². The van der Waals surface area contributed by atoms with Gasteiger partial charge in [0.15, 0.2) is 0 Å². The van der Waals surface area contributed by atoms with E-state index in [-0.39, 0.29) is 0 Å². The summed E-state index contributed by atoms with van der Waals surface area (Å²) in [5.41, 5.74) is 0. The predicted molar refractivity (Wildman–Crippen MR) is 69.1 cm³/mol. The molecule has 0 bridgehead atoms. The van der Waals surface area contributed by atoms with E-state index in [4.69, 9.17) is 0 Å². The van der Waals surface area contributed by atoms with Crippen LogP contribution in [0.2, 0.25) is 0 Å². The van der Waals surface area contributed by atoms with Gasteiger partial charge >= 0.3 is 0 Å². The summed E-state index contributed by atoms with van der Waals surface area (Å²) in [5, 5.41) is 0. The molecule has 16 heavy (non-hydrogen) atoms. The molecule has 90 valence electrons. The van der Waals surface area contributed by atoms with Crippen LogP contribution in [0, 0.1) is 6.92 Å². The normalized spacial score (nSPS) is 11.4. The van der Waals surface area contributed by atoms with E-state index < -0.39 is 0 Å². The quantitative estimate of drug-likeness (QED) is 0.492. The standard InChI is InChI=1S/C14H25N2/c1-4-6-7-8-9-10-11-16-13-12-15(5-2)14(16)3/h10-13H,4-9H2,1-3H3/q+1. The first-order valence-corrected chi connectivity index (χ1v) is 6.53. The molecule has 0 aliphatic carbocycles. The predicted octanol–water partition coefficient (Wildman–Crippen LogP) is 3.55. The fraction of sp³-hybridized carbons (Fsp3) is 0.643. The molecule has 0 unspecified atom stereocenters. The summed E-state index contributed by atoms with van der Waals surface area (Å²) < 4.78 is 4.45. The fourth-order valence-corrected chi connectivity index (χ4v) is 1.89. The van der Waals surface area contributed by atoms with Crippen molar-refractivity contribution in [1.82, 2.24) is 4.57 Å². The lowest BCUT2D eigenvalue weighted by molar-refractivity contribution is -0.698. The van der Waals surface area contributed by atoms with Gasteiger partial charge in [-0.1, -0.05) is 26.2 Å². The molecule has 0 aliphatic rings. The SMILES string of the molecule is CCCCCCC=Cn1cc[n+](CC)c1C. The van der Waals surface area contributed by atoms with Crippen molar-refractivity contribution >= 4 is 6.20 Å². The molecule has 1 aromatic rings. The molecule has 0 atom stereocenters. The van der Waals surface area contributed by atoms with Crippen molar-refractivity contribution in [2.75, 3.05) is 0 Å². The first-order valence-electron chi connectivity index (χ1n) is 6.53. The number of aryl methyl sites for hydroxylation is 1. The molecule has 1 rings (SSSR count). The zero-order chi connectivity index (χ0) is 11.8. The van der Waals surface area contributed by atoms with Gasteiger partial charge in [-0.15, -0.1) is 0 Å². The van der Waals surface area contributed by atoms with Crippen LogP contribution in [0.3, 0.4) is 0 Å². The summed E-state index contributed by atoms with van der Waals surface area (Å²) >= 11 is 0. The maximum atomic E-state index is 2.28. The second-order valence-electron chi connectivity index (χ2n) is 4.27. The molecule has 0 radical (unpaired) electrons. The van der Waals surface area contributed by atoms with Crippen LogP contribution in [0.4, 0.5) is 0 Å². The Morgan fingerprint density at radius 2 is 2.06 bits per heavy atom. The maximum Gasteiger partial charge on any atom is 0.257 e. The largest absolute Gasteiger partial charge is 0.257 e. The number of unbranched alkanes of at least 4 members (excludes halogenated alkanes) is 4. The van der Waals surface area contributed by atoms with Crippen LogP contribution in [-0.4, -0.2) is 4.57 Å². The Morgan fingerprint density at radius 3 is 2.69 bits per heavy atom. The lowest BCUT2D eigenvalue weighted by Crippen LogP contribution is -2.33. The number of allylic oxidation sites excluding steroid dienone is 1. The van der Waals surface area contributed by atoms with Crippen molar-refractivity contribution in [3.63, 3.8) is 0 Å². The Bertz CT molecular complexity index is 323. The average molecular weight is 221 g/mol. The molecule has 2 nitrogen and oxygen atoms in total. The molecule has 0 aromatic carbocycles. The fourth-order valence-electron chi connectivity index (χ4n) is 1.89. The summed E-state index contributed by atoms with van der Waals surface area (Å²) in [7, 11) is 0. The molecule has 0 amide bonds. The zero-order valence-electron chi connectivity index (χ0n) is 10.9. The van der Waals surface area contributed by atoms with E-state index >= 15 is 0 Å². The smallest absolute Gasteiger partial charge is 0.234 e. The van der Waals surface area contributed by atoms with Gasteiger partial charge in [-0.25, -0.2) is 9.13 Å². The van der Waals surface area contributed by atoms with Crippen molar-refractivity contribution in [2.24, 2.45) is 0 Å². The highest BCUT2D eigenvalue weighted by Gasteiger charge is 2.06. The lowest BCUT2D eigenvalue weighted by Gasteiger charge is -1.95. The first-order chi connectivity index (χ1) is 7.79. The van der Waals surface area contributed by atoms with Crippen LogP contribution in [-0.2, 0) is 6.54 Å². The molecular weight excluding hydrogens is 196 g/mol. The summed E-state index contributed by atoms with van der Waals surface area (Å²) in [6, 6.07) is 0. The third-order valence-electron chi connectivity index (χ3n) is 3.03. The van der Waals surface area contributed by atoms with E-state index in [9.17, 15) is 0 Å². The molecule has 0 saturated heterocycles. The van der Waals surface area contributed by atoms with Crippen LogP contribution in [0.5, 0.6) is 0 Å². The van der Waals surface area contributed by atoms with Gasteiger partial charge < -0.3 is 0 Å². The van der Waals surface area contributed by atoms with E-state index in [2.05, 4.69) is 54.6 Å². The van der Waals surface area contributed by atoms with Crippen LogP contribution in [0.15, 0.2) is 18.5 Å². The Morgan fingerprint density at radius 1 is 1.25 bits per heavy atom. The van der Waals surface area contributed by atoms with Gasteiger partial charge in [-0.2, -0.15) is 0 Å². The van der Waals surface area contributed by atoms with Crippen LogP contribution in [0.25, 0.3) is 6.20 Å². The number of hydrogen-bond acceptors (Lipinski definition) is 0.